The molecule has 1 aromatic heterocycles. The van der Waals surface area contributed by atoms with Gasteiger partial charge in [0.15, 0.2) is 17.3 Å². The SMILES string of the molecule is CNC(=O)c1cn[nH]c1C(F)(F)F.Fc1cc(F)c(-c2ccccc2)cc1F. The van der Waals surface area contributed by atoms with Crippen LogP contribution in [0.25, 0.3) is 11.1 Å². The summed E-state index contributed by atoms with van der Waals surface area (Å²) >= 11 is 0. The van der Waals surface area contributed by atoms with Crippen LogP contribution in [0.15, 0.2) is 48.7 Å². The van der Waals surface area contributed by atoms with Gasteiger partial charge in [-0.1, -0.05) is 30.3 Å². The Morgan fingerprint density at radius 3 is 2.18 bits per heavy atom. The van der Waals surface area contributed by atoms with Crippen molar-refractivity contribution in [2.24, 2.45) is 0 Å². The molecule has 1 heterocycles. The van der Waals surface area contributed by atoms with Crippen molar-refractivity contribution in [1.82, 2.24) is 15.5 Å². The minimum absolute atomic E-state index is 0.0644. The zero-order valence-corrected chi connectivity index (χ0v) is 14.2. The lowest BCUT2D eigenvalue weighted by Crippen LogP contribution is -2.21. The monoisotopic (exact) mass is 401 g/mol. The number of hydrogen-bond donors (Lipinski definition) is 2. The van der Waals surface area contributed by atoms with Crippen LogP contribution in [0.3, 0.4) is 0 Å². The summed E-state index contributed by atoms with van der Waals surface area (Å²) in [5.41, 5.74) is -1.05. The molecule has 2 aromatic carbocycles. The minimum Gasteiger partial charge on any atom is -0.355 e. The largest absolute Gasteiger partial charge is 0.433 e. The Bertz CT molecular complexity index is 954. The lowest BCUT2D eigenvalue weighted by atomic mass is 10.1. The molecule has 0 aliphatic heterocycles. The van der Waals surface area contributed by atoms with E-state index in [9.17, 15) is 31.1 Å². The molecule has 3 aromatic rings. The van der Waals surface area contributed by atoms with Gasteiger partial charge in [-0.25, -0.2) is 13.2 Å². The number of carbonyl (C=O) groups is 1. The molecule has 0 saturated carbocycles. The maximum absolute atomic E-state index is 13.3. The zero-order chi connectivity index (χ0) is 20.9. The summed E-state index contributed by atoms with van der Waals surface area (Å²) in [7, 11) is 1.25. The van der Waals surface area contributed by atoms with E-state index in [0.29, 0.717) is 11.6 Å². The quantitative estimate of drug-likeness (QED) is 0.489. The molecule has 0 aliphatic rings. The molecule has 0 aliphatic carbocycles. The number of benzene rings is 2. The van der Waals surface area contributed by atoms with Crippen LogP contribution in [0.5, 0.6) is 0 Å². The van der Waals surface area contributed by atoms with Gasteiger partial charge in [-0.15, -0.1) is 0 Å². The Labute approximate surface area is 155 Å². The average Bonchev–Trinajstić information content (AvgIpc) is 3.16. The molecule has 1 amide bonds. The maximum atomic E-state index is 13.3. The standard InChI is InChI=1S/C12H7F3.C6H6F3N3O/c13-10-7-12(15)11(14)6-9(10)8-4-2-1-3-5-8;1-10-5(13)3-2-11-12-4(3)6(7,8)9/h1-7H;2H,1H3,(H,10,13)(H,11,12). The predicted molar refractivity (Wildman–Crippen MR) is 88.7 cm³/mol. The van der Waals surface area contributed by atoms with Crippen LogP contribution in [-0.4, -0.2) is 23.2 Å². The van der Waals surface area contributed by atoms with Gasteiger partial charge in [-0.05, 0) is 11.6 Å². The third kappa shape index (κ3) is 4.90. The summed E-state index contributed by atoms with van der Waals surface area (Å²) in [5.74, 6) is -3.80. The van der Waals surface area contributed by atoms with E-state index in [1.54, 1.807) is 35.4 Å². The number of aromatic amines is 1. The number of nitrogens with zero attached hydrogens (tertiary/aromatic N) is 1. The van der Waals surface area contributed by atoms with Gasteiger partial charge in [0.1, 0.15) is 5.82 Å². The fourth-order valence-corrected chi connectivity index (χ4v) is 2.17. The van der Waals surface area contributed by atoms with Crippen molar-refractivity contribution < 1.29 is 31.1 Å². The maximum Gasteiger partial charge on any atom is 0.433 e. The van der Waals surface area contributed by atoms with Crippen LogP contribution in [0.4, 0.5) is 26.3 Å². The van der Waals surface area contributed by atoms with E-state index in [1.807, 2.05) is 0 Å². The number of amides is 1. The van der Waals surface area contributed by atoms with Gasteiger partial charge in [-0.3, -0.25) is 9.89 Å². The number of nitrogens with one attached hydrogen (secondary N) is 2. The highest BCUT2D eigenvalue weighted by atomic mass is 19.4. The number of halogens is 6. The summed E-state index contributed by atoms with van der Waals surface area (Å²) in [5, 5.41) is 6.96. The molecule has 28 heavy (non-hydrogen) atoms. The van der Waals surface area contributed by atoms with Gasteiger partial charge >= 0.3 is 6.18 Å². The Kier molecular flexibility index (Phi) is 6.45. The summed E-state index contributed by atoms with van der Waals surface area (Å²) in [6, 6.07) is 9.86. The fraction of sp³-hybridized carbons (Fsp3) is 0.111. The molecule has 2 N–H and O–H groups in total. The highest BCUT2D eigenvalue weighted by Crippen LogP contribution is 2.29. The van der Waals surface area contributed by atoms with E-state index in [4.69, 9.17) is 0 Å². The highest BCUT2D eigenvalue weighted by molar-refractivity contribution is 5.94. The molecule has 3 rings (SSSR count). The highest BCUT2D eigenvalue weighted by Gasteiger charge is 2.37. The van der Waals surface area contributed by atoms with E-state index in [1.165, 1.54) is 7.05 Å². The average molecular weight is 401 g/mol. The van der Waals surface area contributed by atoms with Crippen LogP contribution < -0.4 is 5.32 Å². The molecule has 0 unspecified atom stereocenters. The van der Waals surface area contributed by atoms with Gasteiger partial charge in [0.25, 0.3) is 5.91 Å². The first-order valence-corrected chi connectivity index (χ1v) is 7.67. The lowest BCUT2D eigenvalue weighted by Gasteiger charge is -2.05. The Morgan fingerprint density at radius 2 is 1.61 bits per heavy atom. The normalized spacial score (nSPS) is 10.8. The first kappa shape index (κ1) is 21.0. The summed E-state index contributed by atoms with van der Waals surface area (Å²) in [6.07, 6.45) is -3.75. The molecule has 0 atom stereocenters. The fourth-order valence-electron chi connectivity index (χ4n) is 2.17. The minimum atomic E-state index is -4.58. The zero-order valence-electron chi connectivity index (χ0n) is 14.2. The molecular formula is C18H13F6N3O. The Hall–Kier alpha value is -3.30. The molecular weight excluding hydrogens is 388 g/mol. The van der Waals surface area contributed by atoms with Gasteiger partial charge in [0.05, 0.1) is 11.8 Å². The number of aromatic nitrogens is 2. The Balaban J connectivity index is 0.000000203. The van der Waals surface area contributed by atoms with E-state index < -0.39 is 40.8 Å². The second-order valence-corrected chi connectivity index (χ2v) is 5.35. The van der Waals surface area contributed by atoms with Crippen LogP contribution >= 0.6 is 0 Å². The number of alkyl halides is 3. The molecule has 4 nitrogen and oxygen atoms in total. The van der Waals surface area contributed by atoms with Crippen molar-refractivity contribution in [3.63, 3.8) is 0 Å². The van der Waals surface area contributed by atoms with E-state index in [0.717, 1.165) is 12.3 Å². The van der Waals surface area contributed by atoms with Gasteiger partial charge < -0.3 is 5.32 Å². The molecule has 0 fully saturated rings. The van der Waals surface area contributed by atoms with Crippen molar-refractivity contribution in [1.29, 1.82) is 0 Å². The second kappa shape index (κ2) is 8.59. The number of H-pyrrole nitrogens is 1. The van der Waals surface area contributed by atoms with Crippen molar-refractivity contribution in [2.45, 2.75) is 6.18 Å². The first-order valence-electron chi connectivity index (χ1n) is 7.67. The third-order valence-electron chi connectivity index (χ3n) is 3.49. The van der Waals surface area contributed by atoms with Crippen LogP contribution in [-0.2, 0) is 6.18 Å². The molecule has 148 valence electrons. The molecule has 0 spiro atoms. The summed E-state index contributed by atoms with van der Waals surface area (Å²) in [4.78, 5) is 10.9. The number of rotatable bonds is 2. The van der Waals surface area contributed by atoms with Crippen molar-refractivity contribution >= 4 is 5.91 Å². The van der Waals surface area contributed by atoms with E-state index >= 15 is 0 Å². The third-order valence-corrected chi connectivity index (χ3v) is 3.49. The molecule has 0 saturated heterocycles. The molecule has 0 bridgehead atoms. The first-order chi connectivity index (χ1) is 13.1. The van der Waals surface area contributed by atoms with Crippen molar-refractivity contribution in [3.8, 4) is 11.1 Å². The second-order valence-electron chi connectivity index (χ2n) is 5.35. The number of hydrogen-bond acceptors (Lipinski definition) is 2. The summed E-state index contributed by atoms with van der Waals surface area (Å²) in [6.45, 7) is 0. The molecule has 10 heteroatoms. The Morgan fingerprint density at radius 1 is 1.00 bits per heavy atom. The smallest absolute Gasteiger partial charge is 0.355 e. The van der Waals surface area contributed by atoms with Gasteiger partial charge in [0, 0.05) is 18.7 Å². The van der Waals surface area contributed by atoms with Crippen molar-refractivity contribution in [3.05, 3.63) is 77.4 Å². The van der Waals surface area contributed by atoms with Gasteiger partial charge in [0.2, 0.25) is 0 Å². The number of carbonyl (C=O) groups excluding carboxylic acids is 1. The molecule has 0 radical (unpaired) electrons. The topological polar surface area (TPSA) is 57.8 Å². The van der Waals surface area contributed by atoms with Crippen LogP contribution in [0.1, 0.15) is 16.1 Å². The van der Waals surface area contributed by atoms with E-state index in [2.05, 4.69) is 10.4 Å². The van der Waals surface area contributed by atoms with Gasteiger partial charge in [-0.2, -0.15) is 18.3 Å². The lowest BCUT2D eigenvalue weighted by molar-refractivity contribution is -0.141. The van der Waals surface area contributed by atoms with Crippen LogP contribution in [0, 0.1) is 17.5 Å². The van der Waals surface area contributed by atoms with Crippen molar-refractivity contribution in [2.75, 3.05) is 7.05 Å². The van der Waals surface area contributed by atoms with Crippen LogP contribution in [0.2, 0.25) is 0 Å². The predicted octanol–water partition coefficient (Wildman–Crippen LogP) is 4.56. The van der Waals surface area contributed by atoms with E-state index in [-0.39, 0.29) is 5.56 Å². The summed E-state index contributed by atoms with van der Waals surface area (Å²) < 4.78 is 75.3.